The molecule has 0 aromatic heterocycles. The van der Waals surface area contributed by atoms with E-state index in [1.54, 1.807) is 12.1 Å². The van der Waals surface area contributed by atoms with Gasteiger partial charge in [-0.15, -0.1) is 0 Å². The van der Waals surface area contributed by atoms with Gasteiger partial charge in [0.25, 0.3) is 0 Å². The Kier molecular flexibility index (Phi) is 2.81. The Morgan fingerprint density at radius 2 is 2.00 bits per heavy atom. The predicted octanol–water partition coefficient (Wildman–Crippen LogP) is 3.14. The van der Waals surface area contributed by atoms with Gasteiger partial charge >= 0.3 is 0 Å². The minimum absolute atomic E-state index is 0.0398. The van der Waals surface area contributed by atoms with Gasteiger partial charge in [0.05, 0.1) is 4.47 Å². The minimum Gasteiger partial charge on any atom is -0.350 e. The Balaban J connectivity index is 2.51. The molecule has 92 valence electrons. The maximum Gasteiger partial charge on any atom is 0.221 e. The van der Waals surface area contributed by atoms with E-state index in [4.69, 9.17) is 0 Å². The van der Waals surface area contributed by atoms with Gasteiger partial charge in [0.1, 0.15) is 5.82 Å². The summed E-state index contributed by atoms with van der Waals surface area (Å²) in [7, 11) is 0. The lowest BCUT2D eigenvalue weighted by Crippen LogP contribution is -2.48. The number of hydrogen-bond donors (Lipinski definition) is 1. The van der Waals surface area contributed by atoms with Crippen molar-refractivity contribution in [1.29, 1.82) is 0 Å². The number of halogens is 2. The fourth-order valence-corrected chi connectivity index (χ4v) is 2.75. The van der Waals surface area contributed by atoms with Gasteiger partial charge in [-0.05, 0) is 47.5 Å². The van der Waals surface area contributed by atoms with E-state index in [1.807, 2.05) is 20.8 Å². The number of rotatable bonds is 1. The Morgan fingerprint density at radius 1 is 1.35 bits per heavy atom. The molecule has 0 bridgehead atoms. The number of benzene rings is 1. The Hall–Kier alpha value is -0.900. The van der Waals surface area contributed by atoms with Gasteiger partial charge in [-0.25, -0.2) is 4.39 Å². The third kappa shape index (κ3) is 1.88. The molecular weight excluding hydrogens is 285 g/mol. The van der Waals surface area contributed by atoms with Crippen molar-refractivity contribution in [1.82, 2.24) is 5.32 Å². The third-order valence-corrected chi connectivity index (χ3v) is 4.51. The SMILES string of the molecule is CC1(C)NC(=O)CC1(C)c1ccc(F)c(Br)c1. The highest BCUT2D eigenvalue weighted by Gasteiger charge is 2.50. The number of nitrogens with one attached hydrogen (secondary N) is 1. The van der Waals surface area contributed by atoms with Gasteiger partial charge in [0.15, 0.2) is 0 Å². The molecule has 0 aliphatic carbocycles. The molecule has 1 amide bonds. The van der Waals surface area contributed by atoms with E-state index in [0.29, 0.717) is 10.9 Å². The van der Waals surface area contributed by atoms with Gasteiger partial charge in [0.2, 0.25) is 5.91 Å². The number of carbonyl (C=O) groups is 1. The third-order valence-electron chi connectivity index (χ3n) is 3.90. The lowest BCUT2D eigenvalue weighted by molar-refractivity contribution is -0.119. The van der Waals surface area contributed by atoms with Crippen LogP contribution in [-0.4, -0.2) is 11.4 Å². The van der Waals surface area contributed by atoms with E-state index in [9.17, 15) is 9.18 Å². The van der Waals surface area contributed by atoms with Crippen LogP contribution in [0.1, 0.15) is 32.8 Å². The Bertz CT molecular complexity index is 486. The van der Waals surface area contributed by atoms with Crippen LogP contribution in [-0.2, 0) is 10.2 Å². The van der Waals surface area contributed by atoms with Crippen LogP contribution in [0, 0.1) is 5.82 Å². The van der Waals surface area contributed by atoms with E-state index in [1.165, 1.54) is 6.07 Å². The van der Waals surface area contributed by atoms with Crippen molar-refractivity contribution in [2.45, 2.75) is 38.1 Å². The van der Waals surface area contributed by atoms with E-state index in [2.05, 4.69) is 21.2 Å². The molecule has 2 rings (SSSR count). The summed E-state index contributed by atoms with van der Waals surface area (Å²) < 4.78 is 13.7. The van der Waals surface area contributed by atoms with E-state index in [0.717, 1.165) is 5.56 Å². The first kappa shape index (κ1) is 12.6. The molecule has 1 aromatic carbocycles. The van der Waals surface area contributed by atoms with Gasteiger partial charge in [-0.2, -0.15) is 0 Å². The van der Waals surface area contributed by atoms with Crippen LogP contribution < -0.4 is 5.32 Å². The average Bonchev–Trinajstić information content (AvgIpc) is 2.40. The van der Waals surface area contributed by atoms with Crippen molar-refractivity contribution < 1.29 is 9.18 Å². The highest BCUT2D eigenvalue weighted by atomic mass is 79.9. The standard InChI is InChI=1S/C13H15BrFNO/c1-12(2)13(3,7-11(17)16-12)8-4-5-10(15)9(14)6-8/h4-6H,7H2,1-3H3,(H,16,17). The van der Waals surface area contributed by atoms with Gasteiger partial charge < -0.3 is 5.32 Å². The van der Waals surface area contributed by atoms with Crippen LogP contribution in [0.25, 0.3) is 0 Å². The molecule has 1 aliphatic heterocycles. The normalized spacial score (nSPS) is 27.0. The topological polar surface area (TPSA) is 29.1 Å². The molecule has 0 radical (unpaired) electrons. The predicted molar refractivity (Wildman–Crippen MR) is 68.3 cm³/mol. The molecule has 0 saturated carbocycles. The molecule has 1 heterocycles. The number of hydrogen-bond acceptors (Lipinski definition) is 1. The first-order chi connectivity index (χ1) is 7.76. The molecule has 17 heavy (non-hydrogen) atoms. The summed E-state index contributed by atoms with van der Waals surface area (Å²) in [4.78, 5) is 11.6. The molecule has 1 aromatic rings. The zero-order valence-electron chi connectivity index (χ0n) is 10.1. The second-order valence-corrected chi connectivity index (χ2v) is 6.17. The maximum atomic E-state index is 13.3. The Labute approximate surface area is 109 Å². The van der Waals surface area contributed by atoms with Crippen LogP contribution in [0.2, 0.25) is 0 Å². The molecule has 1 atom stereocenters. The van der Waals surface area contributed by atoms with Crippen LogP contribution in [0.15, 0.2) is 22.7 Å². The molecule has 0 spiro atoms. The molecular formula is C13H15BrFNO. The largest absolute Gasteiger partial charge is 0.350 e. The summed E-state index contributed by atoms with van der Waals surface area (Å²) in [6.07, 6.45) is 0.429. The average molecular weight is 300 g/mol. The van der Waals surface area contributed by atoms with E-state index >= 15 is 0 Å². The van der Waals surface area contributed by atoms with Gasteiger partial charge in [-0.1, -0.05) is 13.0 Å². The smallest absolute Gasteiger partial charge is 0.221 e. The van der Waals surface area contributed by atoms with Crippen LogP contribution >= 0.6 is 15.9 Å². The molecule has 4 heteroatoms. The van der Waals surface area contributed by atoms with Crippen molar-refractivity contribution in [2.24, 2.45) is 0 Å². The van der Waals surface area contributed by atoms with Gasteiger partial charge in [-0.3, -0.25) is 4.79 Å². The summed E-state index contributed by atoms with van der Waals surface area (Å²) >= 11 is 3.19. The first-order valence-corrected chi connectivity index (χ1v) is 6.32. The quantitative estimate of drug-likeness (QED) is 0.848. The van der Waals surface area contributed by atoms with Crippen molar-refractivity contribution in [3.05, 3.63) is 34.1 Å². The molecule has 1 N–H and O–H groups in total. The maximum absolute atomic E-state index is 13.3. The van der Waals surface area contributed by atoms with E-state index < -0.39 is 0 Å². The summed E-state index contributed by atoms with van der Waals surface area (Å²) in [5.74, 6) is -0.245. The van der Waals surface area contributed by atoms with Crippen molar-refractivity contribution >= 4 is 21.8 Å². The van der Waals surface area contributed by atoms with Crippen LogP contribution in [0.5, 0.6) is 0 Å². The number of carbonyl (C=O) groups excluding carboxylic acids is 1. The zero-order chi connectivity index (χ0) is 12.8. The van der Waals surface area contributed by atoms with Gasteiger partial charge in [0, 0.05) is 17.4 Å². The van der Waals surface area contributed by atoms with Crippen LogP contribution in [0.3, 0.4) is 0 Å². The molecule has 1 aliphatic rings. The van der Waals surface area contributed by atoms with Crippen molar-refractivity contribution in [3.8, 4) is 0 Å². The van der Waals surface area contributed by atoms with Crippen LogP contribution in [0.4, 0.5) is 4.39 Å². The first-order valence-electron chi connectivity index (χ1n) is 5.53. The monoisotopic (exact) mass is 299 g/mol. The zero-order valence-corrected chi connectivity index (χ0v) is 11.7. The fraction of sp³-hybridized carbons (Fsp3) is 0.462. The summed E-state index contributed by atoms with van der Waals surface area (Å²) in [5, 5.41) is 2.97. The Morgan fingerprint density at radius 3 is 2.47 bits per heavy atom. The summed E-state index contributed by atoms with van der Waals surface area (Å²) in [5.41, 5.74) is 0.316. The van der Waals surface area contributed by atoms with Crippen molar-refractivity contribution in [3.63, 3.8) is 0 Å². The molecule has 1 saturated heterocycles. The molecule has 1 unspecified atom stereocenters. The molecule has 2 nitrogen and oxygen atoms in total. The second-order valence-electron chi connectivity index (χ2n) is 5.31. The highest BCUT2D eigenvalue weighted by Crippen LogP contribution is 2.43. The van der Waals surface area contributed by atoms with Crippen molar-refractivity contribution in [2.75, 3.05) is 0 Å². The number of amides is 1. The lowest BCUT2D eigenvalue weighted by Gasteiger charge is -2.37. The summed E-state index contributed by atoms with van der Waals surface area (Å²) in [6.45, 7) is 6.02. The minimum atomic E-state index is -0.332. The van der Waals surface area contributed by atoms with E-state index in [-0.39, 0.29) is 22.7 Å². The second kappa shape index (κ2) is 3.80. The highest BCUT2D eigenvalue weighted by molar-refractivity contribution is 9.10. The molecule has 1 fully saturated rings. The summed E-state index contributed by atoms with van der Waals surface area (Å²) in [6, 6.07) is 4.95. The lowest BCUT2D eigenvalue weighted by atomic mass is 9.69. The fourth-order valence-electron chi connectivity index (χ4n) is 2.38.